The highest BCUT2D eigenvalue weighted by Gasteiger charge is 2.48. The number of halogens is 2. The molecule has 0 amide bonds. The van der Waals surface area contributed by atoms with Crippen molar-refractivity contribution in [1.29, 1.82) is 0 Å². The maximum absolute atomic E-state index is 13.2. The molecule has 2 nitrogen and oxygen atoms in total. The molecular formula is C13H14BrFO2. The zero-order valence-corrected chi connectivity index (χ0v) is 11.1. The molecule has 0 aromatic heterocycles. The second-order valence-corrected chi connectivity index (χ2v) is 5.73. The lowest BCUT2D eigenvalue weighted by Crippen LogP contribution is -2.44. The monoisotopic (exact) mass is 300 g/mol. The molecule has 0 spiro atoms. The third kappa shape index (κ3) is 2.37. The van der Waals surface area contributed by atoms with Gasteiger partial charge in [-0.25, -0.2) is 4.39 Å². The van der Waals surface area contributed by atoms with E-state index in [-0.39, 0.29) is 6.42 Å². The van der Waals surface area contributed by atoms with Crippen LogP contribution in [0, 0.1) is 6.92 Å². The first-order valence-electron chi connectivity index (χ1n) is 5.55. The van der Waals surface area contributed by atoms with Gasteiger partial charge in [0, 0.05) is 9.89 Å². The minimum atomic E-state index is -0.868. The Kier molecular flexibility index (Phi) is 3.25. The first kappa shape index (κ1) is 12.6. The van der Waals surface area contributed by atoms with Crippen molar-refractivity contribution in [3.63, 3.8) is 0 Å². The molecule has 92 valence electrons. The van der Waals surface area contributed by atoms with E-state index in [0.29, 0.717) is 12.8 Å². The summed E-state index contributed by atoms with van der Waals surface area (Å²) in [7, 11) is 0. The maximum Gasteiger partial charge on any atom is 0.304 e. The van der Waals surface area contributed by atoms with Gasteiger partial charge < -0.3 is 5.11 Å². The van der Waals surface area contributed by atoms with E-state index in [4.69, 9.17) is 5.11 Å². The predicted octanol–water partition coefficient (Wildman–Crippen LogP) is 3.60. The molecule has 4 heteroatoms. The van der Waals surface area contributed by atoms with E-state index < -0.39 is 17.6 Å². The quantitative estimate of drug-likeness (QED) is 0.926. The van der Waals surface area contributed by atoms with Gasteiger partial charge in [0.1, 0.15) is 6.17 Å². The van der Waals surface area contributed by atoms with Crippen molar-refractivity contribution in [1.82, 2.24) is 0 Å². The minimum absolute atomic E-state index is 0.00468. The van der Waals surface area contributed by atoms with Crippen LogP contribution in [0.3, 0.4) is 0 Å². The SMILES string of the molecule is Cc1ccc(Br)cc1C1(CC(=O)O)CC(F)C1. The van der Waals surface area contributed by atoms with E-state index in [1.807, 2.05) is 25.1 Å². The van der Waals surface area contributed by atoms with Crippen LogP contribution in [-0.4, -0.2) is 17.2 Å². The average molecular weight is 301 g/mol. The normalized spacial score (nSPS) is 27.6. The number of hydrogen-bond donors (Lipinski definition) is 1. The van der Waals surface area contributed by atoms with Gasteiger partial charge in [-0.15, -0.1) is 0 Å². The number of aliphatic carboxylic acids is 1. The Balaban J connectivity index is 2.39. The summed E-state index contributed by atoms with van der Waals surface area (Å²) in [5, 5.41) is 8.99. The molecule has 0 unspecified atom stereocenters. The lowest BCUT2D eigenvalue weighted by molar-refractivity contribution is -0.140. The summed E-state index contributed by atoms with van der Waals surface area (Å²) >= 11 is 3.38. The Morgan fingerprint density at radius 1 is 1.59 bits per heavy atom. The van der Waals surface area contributed by atoms with Crippen LogP contribution in [0.15, 0.2) is 22.7 Å². The first-order valence-corrected chi connectivity index (χ1v) is 6.35. The van der Waals surface area contributed by atoms with Gasteiger partial charge in [-0.3, -0.25) is 4.79 Å². The summed E-state index contributed by atoms with van der Waals surface area (Å²) in [6.45, 7) is 1.94. The van der Waals surface area contributed by atoms with Crippen LogP contribution < -0.4 is 0 Å². The van der Waals surface area contributed by atoms with Crippen molar-refractivity contribution in [3.8, 4) is 0 Å². The Morgan fingerprint density at radius 3 is 2.76 bits per heavy atom. The number of carboxylic acids is 1. The highest BCUT2D eigenvalue weighted by Crippen LogP contribution is 2.49. The molecule has 1 aliphatic rings. The van der Waals surface area contributed by atoms with Gasteiger partial charge in [0.25, 0.3) is 0 Å². The van der Waals surface area contributed by atoms with Crippen molar-refractivity contribution in [2.45, 2.75) is 37.8 Å². The number of aryl methyl sites for hydroxylation is 1. The molecule has 0 aliphatic heterocycles. The fourth-order valence-corrected chi connectivity index (χ4v) is 3.06. The van der Waals surface area contributed by atoms with Crippen molar-refractivity contribution < 1.29 is 14.3 Å². The van der Waals surface area contributed by atoms with Gasteiger partial charge in [0.05, 0.1) is 6.42 Å². The van der Waals surface area contributed by atoms with Gasteiger partial charge in [-0.2, -0.15) is 0 Å². The van der Waals surface area contributed by atoms with Crippen molar-refractivity contribution in [3.05, 3.63) is 33.8 Å². The van der Waals surface area contributed by atoms with Crippen LogP contribution in [0.1, 0.15) is 30.4 Å². The number of alkyl halides is 1. The van der Waals surface area contributed by atoms with Gasteiger partial charge in [-0.1, -0.05) is 22.0 Å². The second kappa shape index (κ2) is 4.41. The van der Waals surface area contributed by atoms with Gasteiger partial charge in [0.2, 0.25) is 0 Å². The summed E-state index contributed by atoms with van der Waals surface area (Å²) in [6.07, 6.45) is -0.231. The molecular weight excluding hydrogens is 287 g/mol. The molecule has 2 rings (SSSR count). The van der Waals surface area contributed by atoms with Crippen molar-refractivity contribution >= 4 is 21.9 Å². The van der Waals surface area contributed by atoms with E-state index in [1.54, 1.807) is 0 Å². The predicted molar refractivity (Wildman–Crippen MR) is 66.9 cm³/mol. The lowest BCUT2D eigenvalue weighted by atomic mass is 9.60. The molecule has 0 radical (unpaired) electrons. The van der Waals surface area contributed by atoms with Crippen LogP contribution in [0.25, 0.3) is 0 Å². The largest absolute Gasteiger partial charge is 0.481 e. The molecule has 1 N–H and O–H groups in total. The number of rotatable bonds is 3. The third-order valence-corrected chi connectivity index (χ3v) is 3.98. The average Bonchev–Trinajstić information content (AvgIpc) is 2.18. The second-order valence-electron chi connectivity index (χ2n) is 4.82. The molecule has 1 aliphatic carbocycles. The van der Waals surface area contributed by atoms with Crippen LogP contribution in [0.2, 0.25) is 0 Å². The topological polar surface area (TPSA) is 37.3 Å². The molecule has 0 bridgehead atoms. The van der Waals surface area contributed by atoms with E-state index >= 15 is 0 Å². The number of carbonyl (C=O) groups is 1. The van der Waals surface area contributed by atoms with Gasteiger partial charge in [0.15, 0.2) is 0 Å². The maximum atomic E-state index is 13.2. The number of hydrogen-bond acceptors (Lipinski definition) is 1. The summed E-state index contributed by atoms with van der Waals surface area (Å²) in [5.41, 5.74) is 1.48. The molecule has 1 saturated carbocycles. The number of carboxylic acid groups (broad SMARTS) is 1. The first-order chi connectivity index (χ1) is 7.93. The summed E-state index contributed by atoms with van der Waals surface area (Å²) in [5.74, 6) is -0.865. The molecule has 0 heterocycles. The Labute approximate surface area is 108 Å². The molecule has 0 atom stereocenters. The zero-order valence-electron chi connectivity index (χ0n) is 9.54. The number of benzene rings is 1. The van der Waals surface area contributed by atoms with Crippen LogP contribution in [0.4, 0.5) is 4.39 Å². The fourth-order valence-electron chi connectivity index (χ4n) is 2.70. The summed E-state index contributed by atoms with van der Waals surface area (Å²) < 4.78 is 14.1. The van der Waals surface area contributed by atoms with Crippen LogP contribution in [-0.2, 0) is 10.2 Å². The Bertz CT molecular complexity index is 453. The van der Waals surface area contributed by atoms with Crippen LogP contribution >= 0.6 is 15.9 Å². The van der Waals surface area contributed by atoms with Crippen molar-refractivity contribution in [2.75, 3.05) is 0 Å². The Hall–Kier alpha value is -0.900. The molecule has 1 fully saturated rings. The minimum Gasteiger partial charge on any atom is -0.481 e. The van der Waals surface area contributed by atoms with E-state index in [0.717, 1.165) is 15.6 Å². The van der Waals surface area contributed by atoms with E-state index in [9.17, 15) is 9.18 Å². The highest BCUT2D eigenvalue weighted by atomic mass is 79.9. The lowest BCUT2D eigenvalue weighted by Gasteiger charge is -2.44. The molecule has 17 heavy (non-hydrogen) atoms. The van der Waals surface area contributed by atoms with Crippen LogP contribution in [0.5, 0.6) is 0 Å². The van der Waals surface area contributed by atoms with E-state index in [2.05, 4.69) is 15.9 Å². The van der Waals surface area contributed by atoms with Gasteiger partial charge >= 0.3 is 5.97 Å². The standard InChI is InChI=1S/C13H14BrFO2/c1-8-2-3-9(14)4-11(8)13(7-12(16)17)5-10(15)6-13/h2-4,10H,5-7H2,1H3,(H,16,17). The highest BCUT2D eigenvalue weighted by molar-refractivity contribution is 9.10. The molecule has 1 aromatic rings. The van der Waals surface area contributed by atoms with Crippen molar-refractivity contribution in [2.24, 2.45) is 0 Å². The van der Waals surface area contributed by atoms with E-state index in [1.165, 1.54) is 0 Å². The molecule has 0 saturated heterocycles. The zero-order chi connectivity index (χ0) is 12.6. The molecule has 1 aromatic carbocycles. The summed E-state index contributed by atoms with van der Waals surface area (Å²) in [6, 6.07) is 5.78. The van der Waals surface area contributed by atoms with Gasteiger partial charge in [-0.05, 0) is 43.0 Å². The third-order valence-electron chi connectivity index (χ3n) is 3.49. The smallest absolute Gasteiger partial charge is 0.304 e. The Morgan fingerprint density at radius 2 is 2.24 bits per heavy atom. The summed E-state index contributed by atoms with van der Waals surface area (Å²) in [4.78, 5) is 10.9. The fraction of sp³-hybridized carbons (Fsp3) is 0.462.